The monoisotopic (exact) mass is 459 g/mol. The van der Waals surface area contributed by atoms with Crippen LogP contribution in [0, 0.1) is 20.8 Å². The highest BCUT2D eigenvalue weighted by Gasteiger charge is 2.46. The number of amides is 1. The fourth-order valence-corrected chi connectivity index (χ4v) is 5.27. The Hall–Kier alpha value is -3.26. The van der Waals surface area contributed by atoms with Crippen molar-refractivity contribution >= 4 is 11.9 Å². The minimum absolute atomic E-state index is 0.181. The summed E-state index contributed by atoms with van der Waals surface area (Å²) < 4.78 is 1.85. The molecule has 2 fully saturated rings. The van der Waals surface area contributed by atoms with Crippen molar-refractivity contribution in [1.82, 2.24) is 30.0 Å². The van der Waals surface area contributed by atoms with Crippen LogP contribution in [0.3, 0.4) is 0 Å². The number of rotatable bonds is 4. The third-order valence-corrected chi connectivity index (χ3v) is 6.99. The molecule has 1 amide bonds. The fourth-order valence-electron chi connectivity index (χ4n) is 5.27. The molecule has 1 spiro atoms. The largest absolute Gasteiger partial charge is 0.341 e. The molecular formula is C26H33N7O. The zero-order chi connectivity index (χ0) is 23.9. The van der Waals surface area contributed by atoms with Gasteiger partial charge >= 0.3 is 0 Å². The number of nitrogens with zero attached hydrogens (tertiary/aromatic N) is 6. The molecule has 0 saturated carbocycles. The Bertz CT molecular complexity index is 1190. The maximum absolute atomic E-state index is 13.7. The first-order valence-corrected chi connectivity index (χ1v) is 12.0. The van der Waals surface area contributed by atoms with Gasteiger partial charge < -0.3 is 15.1 Å². The Morgan fingerprint density at radius 1 is 1.03 bits per heavy atom. The van der Waals surface area contributed by atoms with Crippen molar-refractivity contribution in [1.29, 1.82) is 0 Å². The van der Waals surface area contributed by atoms with Crippen LogP contribution in [0.1, 0.15) is 35.5 Å². The van der Waals surface area contributed by atoms with Crippen molar-refractivity contribution in [3.05, 3.63) is 59.2 Å². The number of hydrogen-bond donors (Lipinski definition) is 1. The van der Waals surface area contributed by atoms with Gasteiger partial charge in [0.2, 0.25) is 11.9 Å². The van der Waals surface area contributed by atoms with Crippen LogP contribution < -0.4 is 10.2 Å². The van der Waals surface area contributed by atoms with Crippen LogP contribution in [0.25, 0.3) is 11.1 Å². The van der Waals surface area contributed by atoms with Crippen LogP contribution in [0.4, 0.5) is 5.95 Å². The van der Waals surface area contributed by atoms with Gasteiger partial charge in [0, 0.05) is 56.4 Å². The van der Waals surface area contributed by atoms with E-state index in [-0.39, 0.29) is 5.91 Å². The number of piperidine rings is 1. The molecule has 3 aromatic rings. The summed E-state index contributed by atoms with van der Waals surface area (Å²) in [4.78, 5) is 27.2. The second-order valence-corrected chi connectivity index (χ2v) is 9.71. The van der Waals surface area contributed by atoms with Gasteiger partial charge in [-0.05, 0) is 45.2 Å². The highest BCUT2D eigenvalue weighted by Crippen LogP contribution is 2.31. The van der Waals surface area contributed by atoms with Gasteiger partial charge in [-0.3, -0.25) is 9.48 Å². The normalized spacial score (nSPS) is 18.1. The maximum atomic E-state index is 13.7. The topological polar surface area (TPSA) is 79.2 Å². The molecule has 8 nitrogen and oxygen atoms in total. The molecule has 0 radical (unpaired) electrons. The molecule has 8 heteroatoms. The zero-order valence-corrected chi connectivity index (χ0v) is 20.5. The predicted octanol–water partition coefficient (Wildman–Crippen LogP) is 2.77. The van der Waals surface area contributed by atoms with Gasteiger partial charge in [-0.15, -0.1) is 0 Å². The van der Waals surface area contributed by atoms with Crippen molar-refractivity contribution in [3.63, 3.8) is 0 Å². The average molecular weight is 460 g/mol. The van der Waals surface area contributed by atoms with Gasteiger partial charge in [-0.1, -0.05) is 29.8 Å². The minimum Gasteiger partial charge on any atom is -0.341 e. The number of aromatic nitrogens is 4. The lowest BCUT2D eigenvalue weighted by Crippen LogP contribution is -2.67. The predicted molar refractivity (Wildman–Crippen MR) is 132 cm³/mol. The molecule has 1 aromatic carbocycles. The number of anilines is 1. The van der Waals surface area contributed by atoms with Crippen LogP contribution in [0.2, 0.25) is 0 Å². The lowest BCUT2D eigenvalue weighted by Gasteiger charge is -2.47. The molecule has 5 rings (SSSR count). The Balaban J connectivity index is 1.32. The first-order chi connectivity index (χ1) is 16.3. The summed E-state index contributed by atoms with van der Waals surface area (Å²) in [6.45, 7) is 9.61. The van der Waals surface area contributed by atoms with Crippen LogP contribution in [0.5, 0.6) is 0 Å². The summed E-state index contributed by atoms with van der Waals surface area (Å²) in [6, 6.07) is 10.4. The number of aryl methyl sites for hydroxylation is 4. The van der Waals surface area contributed by atoms with Crippen LogP contribution in [0.15, 0.2) is 36.5 Å². The average Bonchev–Trinajstić information content (AvgIpc) is 3.17. The molecule has 2 aliphatic heterocycles. The molecule has 0 bridgehead atoms. The molecule has 178 valence electrons. The third-order valence-electron chi connectivity index (χ3n) is 6.99. The van der Waals surface area contributed by atoms with E-state index in [4.69, 9.17) is 5.10 Å². The van der Waals surface area contributed by atoms with Crippen molar-refractivity contribution in [2.75, 3.05) is 31.1 Å². The molecule has 2 saturated heterocycles. The van der Waals surface area contributed by atoms with E-state index in [0.29, 0.717) is 13.1 Å². The van der Waals surface area contributed by atoms with Gasteiger partial charge in [-0.25, -0.2) is 9.97 Å². The number of carbonyl (C=O) groups is 1. The number of hydrogen-bond acceptors (Lipinski definition) is 6. The summed E-state index contributed by atoms with van der Waals surface area (Å²) in [5.41, 5.74) is 5.81. The van der Waals surface area contributed by atoms with Gasteiger partial charge in [0.25, 0.3) is 0 Å². The fraction of sp³-hybridized carbons (Fsp3) is 0.462. The summed E-state index contributed by atoms with van der Waals surface area (Å²) in [6.07, 6.45) is 3.53. The molecule has 0 atom stereocenters. The van der Waals surface area contributed by atoms with Crippen LogP contribution >= 0.6 is 0 Å². The Labute approximate surface area is 201 Å². The van der Waals surface area contributed by atoms with E-state index in [9.17, 15) is 4.79 Å². The molecular weight excluding hydrogens is 426 g/mol. The van der Waals surface area contributed by atoms with Gasteiger partial charge in [0.15, 0.2) is 0 Å². The Kier molecular flexibility index (Phi) is 5.85. The summed E-state index contributed by atoms with van der Waals surface area (Å²) in [5.74, 6) is 0.948. The molecule has 0 aliphatic carbocycles. The van der Waals surface area contributed by atoms with E-state index >= 15 is 0 Å². The van der Waals surface area contributed by atoms with E-state index in [1.807, 2.05) is 36.5 Å². The second kappa shape index (κ2) is 8.83. The molecule has 1 N–H and O–H groups in total. The number of nitrogens with one attached hydrogen (secondary N) is 1. The van der Waals surface area contributed by atoms with Crippen molar-refractivity contribution in [2.45, 2.75) is 45.7 Å². The van der Waals surface area contributed by atoms with Gasteiger partial charge in [0.1, 0.15) is 5.54 Å². The Morgan fingerprint density at radius 3 is 2.47 bits per heavy atom. The van der Waals surface area contributed by atoms with Gasteiger partial charge in [0.05, 0.1) is 12.2 Å². The first kappa shape index (κ1) is 22.5. The van der Waals surface area contributed by atoms with Crippen molar-refractivity contribution < 1.29 is 4.79 Å². The smallest absolute Gasteiger partial charge is 0.243 e. The van der Waals surface area contributed by atoms with E-state index in [1.54, 1.807) is 0 Å². The maximum Gasteiger partial charge on any atom is 0.243 e. The molecule has 4 heterocycles. The third kappa shape index (κ3) is 4.30. The Morgan fingerprint density at radius 2 is 1.76 bits per heavy atom. The van der Waals surface area contributed by atoms with Gasteiger partial charge in [-0.2, -0.15) is 5.10 Å². The quantitative estimate of drug-likeness (QED) is 0.646. The zero-order valence-electron chi connectivity index (χ0n) is 20.5. The molecule has 0 unspecified atom stereocenters. The van der Waals surface area contributed by atoms with E-state index in [1.165, 1.54) is 5.56 Å². The SMILES string of the molecule is Cc1cccc(-c2cn(C)nc2CN2CCNC3(CCN(c4nc(C)cc(C)n4)CC3)C2=O)c1. The second-order valence-electron chi connectivity index (χ2n) is 9.71. The number of benzene rings is 1. The molecule has 2 aromatic heterocycles. The lowest BCUT2D eigenvalue weighted by molar-refractivity contribution is -0.143. The van der Waals surface area contributed by atoms with Crippen LogP contribution in [-0.4, -0.2) is 62.3 Å². The highest BCUT2D eigenvalue weighted by molar-refractivity contribution is 5.87. The summed E-state index contributed by atoms with van der Waals surface area (Å²) in [7, 11) is 1.94. The van der Waals surface area contributed by atoms with Crippen molar-refractivity contribution in [3.8, 4) is 11.1 Å². The molecule has 2 aliphatic rings. The highest BCUT2D eigenvalue weighted by atomic mass is 16.2. The summed E-state index contributed by atoms with van der Waals surface area (Å²) in [5, 5.41) is 8.29. The van der Waals surface area contributed by atoms with E-state index in [0.717, 1.165) is 66.6 Å². The number of carbonyl (C=O) groups excluding carboxylic acids is 1. The van der Waals surface area contributed by atoms with E-state index in [2.05, 4.69) is 57.6 Å². The standard InChI is InChI=1S/C26H33N7O/c1-18-6-5-7-21(14-18)22-16-31(4)30-23(22)17-33-13-10-27-26(24(33)34)8-11-32(12-9-26)25-28-19(2)15-20(3)29-25/h5-7,14-16,27H,8-13,17H2,1-4H3. The lowest BCUT2D eigenvalue weighted by atomic mass is 9.84. The van der Waals surface area contributed by atoms with Crippen LogP contribution in [-0.2, 0) is 18.4 Å². The number of piperazine rings is 1. The molecule has 34 heavy (non-hydrogen) atoms. The minimum atomic E-state index is -0.522. The summed E-state index contributed by atoms with van der Waals surface area (Å²) >= 11 is 0. The van der Waals surface area contributed by atoms with E-state index < -0.39 is 5.54 Å². The van der Waals surface area contributed by atoms with Crippen molar-refractivity contribution in [2.24, 2.45) is 7.05 Å². The first-order valence-electron chi connectivity index (χ1n) is 12.0.